The quantitative estimate of drug-likeness (QED) is 0.608. The number of rotatable bonds is 4. The number of carbonyl (C=O) groups excluding carboxylic acids is 1. The summed E-state index contributed by atoms with van der Waals surface area (Å²) in [4.78, 5) is 19.3. The van der Waals surface area contributed by atoms with Gasteiger partial charge in [0.25, 0.3) is 0 Å². The zero-order valence-corrected chi connectivity index (χ0v) is 18.7. The molecule has 1 saturated heterocycles. The molecule has 0 radical (unpaired) electrons. The van der Waals surface area contributed by atoms with Crippen LogP contribution in [0.4, 0.5) is 4.79 Å². The third-order valence-electron chi connectivity index (χ3n) is 5.79. The second-order valence-corrected chi connectivity index (χ2v) is 9.33. The van der Waals surface area contributed by atoms with Gasteiger partial charge < -0.3 is 19.7 Å². The molecular formula is C23H24ClN3O3S. The molecule has 0 atom stereocenters. The van der Waals surface area contributed by atoms with Crippen LogP contribution in [0.1, 0.15) is 29.3 Å². The van der Waals surface area contributed by atoms with Crippen LogP contribution in [-0.2, 0) is 6.42 Å². The molecule has 2 aliphatic heterocycles. The maximum Gasteiger partial charge on any atom is 0.317 e. The number of urea groups is 1. The minimum atomic E-state index is -0.00797. The molecule has 0 saturated carbocycles. The van der Waals surface area contributed by atoms with E-state index in [-0.39, 0.29) is 6.03 Å². The van der Waals surface area contributed by atoms with E-state index in [0.717, 1.165) is 37.0 Å². The first-order chi connectivity index (χ1) is 15.2. The Morgan fingerprint density at radius 2 is 2.00 bits per heavy atom. The van der Waals surface area contributed by atoms with Crippen molar-refractivity contribution in [2.24, 2.45) is 0 Å². The van der Waals surface area contributed by atoms with E-state index in [0.29, 0.717) is 48.6 Å². The Kier molecular flexibility index (Phi) is 5.87. The number of piperidine rings is 1. The van der Waals surface area contributed by atoms with Crippen LogP contribution in [0.15, 0.2) is 36.4 Å². The summed E-state index contributed by atoms with van der Waals surface area (Å²) in [6, 6.07) is 12.1. The standard InChI is InChI=1S/C23H24ClN3O3S/c24-17-13-15(14-19-21(17)30-12-11-29-19)5-8-25-23(28)27-9-6-16(7-10-27)22-26-18-3-1-2-4-20(18)31-22/h1-4,13-14,16H,5-12H2,(H,25,28). The normalized spacial score (nSPS) is 16.5. The molecule has 0 aliphatic carbocycles. The molecule has 0 unspecified atom stereocenters. The first-order valence-corrected chi connectivity index (χ1v) is 11.8. The van der Waals surface area contributed by atoms with Crippen molar-refractivity contribution in [1.82, 2.24) is 15.2 Å². The van der Waals surface area contributed by atoms with Gasteiger partial charge in [-0.3, -0.25) is 0 Å². The summed E-state index contributed by atoms with van der Waals surface area (Å²) in [7, 11) is 0. The van der Waals surface area contributed by atoms with Crippen LogP contribution in [0, 0.1) is 0 Å². The molecule has 3 heterocycles. The van der Waals surface area contributed by atoms with Gasteiger partial charge in [-0.15, -0.1) is 11.3 Å². The molecule has 2 aromatic carbocycles. The van der Waals surface area contributed by atoms with Crippen LogP contribution < -0.4 is 14.8 Å². The highest BCUT2D eigenvalue weighted by Crippen LogP contribution is 2.38. The van der Waals surface area contributed by atoms with Crippen molar-refractivity contribution in [3.8, 4) is 11.5 Å². The van der Waals surface area contributed by atoms with Crippen LogP contribution in [0.25, 0.3) is 10.2 Å². The van der Waals surface area contributed by atoms with E-state index < -0.39 is 0 Å². The lowest BCUT2D eigenvalue weighted by molar-refractivity contribution is 0.171. The lowest BCUT2D eigenvalue weighted by Gasteiger charge is -2.31. The molecule has 1 fully saturated rings. The van der Waals surface area contributed by atoms with E-state index in [1.54, 1.807) is 11.3 Å². The number of nitrogens with zero attached hydrogens (tertiary/aromatic N) is 2. The van der Waals surface area contributed by atoms with Crippen molar-refractivity contribution < 1.29 is 14.3 Å². The highest BCUT2D eigenvalue weighted by atomic mass is 35.5. The number of nitrogens with one attached hydrogen (secondary N) is 1. The van der Waals surface area contributed by atoms with Crippen LogP contribution in [0.2, 0.25) is 5.02 Å². The highest BCUT2D eigenvalue weighted by molar-refractivity contribution is 7.18. The van der Waals surface area contributed by atoms with Crippen LogP contribution >= 0.6 is 22.9 Å². The van der Waals surface area contributed by atoms with Crippen LogP contribution in [-0.4, -0.2) is 48.8 Å². The summed E-state index contributed by atoms with van der Waals surface area (Å²) >= 11 is 8.07. The fourth-order valence-electron chi connectivity index (χ4n) is 4.13. The Morgan fingerprint density at radius 3 is 2.84 bits per heavy atom. The molecule has 5 rings (SSSR count). The third-order valence-corrected chi connectivity index (χ3v) is 7.27. The average Bonchev–Trinajstić information content (AvgIpc) is 3.23. The number of benzene rings is 2. The molecule has 8 heteroatoms. The van der Waals surface area contributed by atoms with Gasteiger partial charge in [-0.1, -0.05) is 23.7 Å². The van der Waals surface area contributed by atoms with Gasteiger partial charge in [0.2, 0.25) is 0 Å². The number of fused-ring (bicyclic) bond motifs is 2. The van der Waals surface area contributed by atoms with E-state index in [9.17, 15) is 4.79 Å². The molecule has 0 spiro atoms. The van der Waals surface area contributed by atoms with E-state index in [1.807, 2.05) is 23.1 Å². The Hall–Kier alpha value is -2.51. The molecule has 31 heavy (non-hydrogen) atoms. The summed E-state index contributed by atoms with van der Waals surface area (Å²) in [5.74, 6) is 1.72. The molecule has 0 bridgehead atoms. The van der Waals surface area contributed by atoms with Crippen molar-refractivity contribution in [3.05, 3.63) is 52.0 Å². The van der Waals surface area contributed by atoms with E-state index >= 15 is 0 Å². The number of likely N-dealkylation sites (tertiary alicyclic amines) is 1. The zero-order valence-electron chi connectivity index (χ0n) is 17.1. The van der Waals surface area contributed by atoms with Crippen molar-refractivity contribution >= 4 is 39.2 Å². The molecule has 162 valence electrons. The second kappa shape index (κ2) is 8.93. The Labute approximate surface area is 190 Å². The Bertz CT molecular complexity index is 1060. The lowest BCUT2D eigenvalue weighted by Crippen LogP contribution is -2.44. The molecule has 1 aromatic heterocycles. The number of hydrogen-bond donors (Lipinski definition) is 1. The van der Waals surface area contributed by atoms with Crippen LogP contribution in [0.3, 0.4) is 0 Å². The average molecular weight is 458 g/mol. The summed E-state index contributed by atoms with van der Waals surface area (Å²) in [6.45, 7) is 3.09. The van der Waals surface area contributed by atoms with Crippen molar-refractivity contribution in [3.63, 3.8) is 0 Å². The van der Waals surface area contributed by atoms with Gasteiger partial charge >= 0.3 is 6.03 Å². The van der Waals surface area contributed by atoms with Gasteiger partial charge in [-0.25, -0.2) is 9.78 Å². The molecule has 6 nitrogen and oxygen atoms in total. The van der Waals surface area contributed by atoms with Gasteiger partial charge in [0.05, 0.1) is 20.2 Å². The summed E-state index contributed by atoms with van der Waals surface area (Å²) in [5, 5.41) is 4.78. The van der Waals surface area contributed by atoms with E-state index in [2.05, 4.69) is 23.5 Å². The van der Waals surface area contributed by atoms with Crippen molar-refractivity contribution in [2.75, 3.05) is 32.8 Å². The fraction of sp³-hybridized carbons (Fsp3) is 0.391. The topological polar surface area (TPSA) is 63.7 Å². The maximum absolute atomic E-state index is 12.6. The van der Waals surface area contributed by atoms with Crippen molar-refractivity contribution in [1.29, 1.82) is 0 Å². The van der Waals surface area contributed by atoms with Gasteiger partial charge in [0.15, 0.2) is 11.5 Å². The largest absolute Gasteiger partial charge is 0.486 e. The number of hydrogen-bond acceptors (Lipinski definition) is 5. The van der Waals surface area contributed by atoms with Gasteiger partial charge in [-0.05, 0) is 49.1 Å². The number of amides is 2. The predicted octanol–water partition coefficient (Wildman–Crippen LogP) is 4.85. The molecule has 1 N–H and O–H groups in total. The molecule has 2 amide bonds. The number of carbonyl (C=O) groups is 1. The SMILES string of the molecule is O=C(NCCc1cc(Cl)c2c(c1)OCCO2)N1CCC(c2nc3ccccc3s2)CC1. The highest BCUT2D eigenvalue weighted by Gasteiger charge is 2.26. The Morgan fingerprint density at radius 1 is 1.19 bits per heavy atom. The molecular weight excluding hydrogens is 434 g/mol. The predicted molar refractivity (Wildman–Crippen MR) is 123 cm³/mol. The van der Waals surface area contributed by atoms with Crippen LogP contribution in [0.5, 0.6) is 11.5 Å². The zero-order chi connectivity index (χ0) is 21.2. The van der Waals surface area contributed by atoms with Gasteiger partial charge in [-0.2, -0.15) is 0 Å². The minimum absolute atomic E-state index is 0.00797. The third kappa shape index (κ3) is 4.43. The van der Waals surface area contributed by atoms with E-state index in [4.69, 9.17) is 26.1 Å². The number of para-hydroxylation sites is 1. The summed E-state index contributed by atoms with van der Waals surface area (Å²) < 4.78 is 12.4. The number of halogens is 1. The Balaban J connectivity index is 1.11. The summed E-state index contributed by atoms with van der Waals surface area (Å²) in [5.41, 5.74) is 2.09. The molecule has 2 aliphatic rings. The first kappa shape index (κ1) is 20.4. The molecule has 3 aromatic rings. The van der Waals surface area contributed by atoms with Gasteiger partial charge in [0, 0.05) is 25.6 Å². The minimum Gasteiger partial charge on any atom is -0.486 e. The van der Waals surface area contributed by atoms with Crippen molar-refractivity contribution in [2.45, 2.75) is 25.2 Å². The lowest BCUT2D eigenvalue weighted by atomic mass is 9.98. The number of ether oxygens (including phenoxy) is 2. The summed E-state index contributed by atoms with van der Waals surface area (Å²) in [6.07, 6.45) is 2.58. The van der Waals surface area contributed by atoms with Gasteiger partial charge in [0.1, 0.15) is 13.2 Å². The fourth-order valence-corrected chi connectivity index (χ4v) is 5.55. The monoisotopic (exact) mass is 457 g/mol. The second-order valence-electron chi connectivity index (χ2n) is 7.86. The first-order valence-electron chi connectivity index (χ1n) is 10.6. The number of aromatic nitrogens is 1. The smallest absolute Gasteiger partial charge is 0.317 e. The maximum atomic E-state index is 12.6. The number of thiazole rings is 1. The van der Waals surface area contributed by atoms with E-state index in [1.165, 1.54) is 9.71 Å².